The summed E-state index contributed by atoms with van der Waals surface area (Å²) in [6.45, 7) is 5.29. The minimum absolute atomic E-state index is 0.0128. The van der Waals surface area contributed by atoms with Gasteiger partial charge < -0.3 is 24.8 Å². The van der Waals surface area contributed by atoms with E-state index in [0.29, 0.717) is 42.5 Å². The molecule has 156 valence electrons. The largest absolute Gasteiger partial charge is 0.490 e. The maximum atomic E-state index is 12.6. The third-order valence-electron chi connectivity index (χ3n) is 3.91. The molecule has 2 amide bonds. The van der Waals surface area contributed by atoms with E-state index in [4.69, 9.17) is 14.2 Å². The molecule has 0 aliphatic carbocycles. The van der Waals surface area contributed by atoms with E-state index in [-0.39, 0.29) is 18.4 Å². The number of anilines is 1. The average Bonchev–Trinajstić information content (AvgIpc) is 2.71. The fraction of sp³-hybridized carbons (Fsp3) is 0.364. The first-order chi connectivity index (χ1) is 14.1. The van der Waals surface area contributed by atoms with Gasteiger partial charge in [0, 0.05) is 24.9 Å². The van der Waals surface area contributed by atoms with E-state index < -0.39 is 0 Å². The standard InChI is InChI=1S/C22H28N2O5/c1-4-11-29-19-10-9-17(13-20(19)28-5-2)22(26)23-14-16-7-6-8-18(12-16)24-21(25)15-27-3/h6-10,12-13H,4-5,11,14-15H2,1-3H3,(H,23,26)(H,24,25). The van der Waals surface area contributed by atoms with Gasteiger partial charge in [-0.2, -0.15) is 0 Å². The highest BCUT2D eigenvalue weighted by Gasteiger charge is 2.12. The highest BCUT2D eigenvalue weighted by molar-refractivity contribution is 5.95. The Balaban J connectivity index is 2.01. The van der Waals surface area contributed by atoms with Crippen LogP contribution >= 0.6 is 0 Å². The van der Waals surface area contributed by atoms with Gasteiger partial charge in [-0.1, -0.05) is 19.1 Å². The number of carbonyl (C=O) groups excluding carboxylic acids is 2. The van der Waals surface area contributed by atoms with Crippen LogP contribution in [0.4, 0.5) is 5.69 Å². The highest BCUT2D eigenvalue weighted by atomic mass is 16.5. The minimum atomic E-state index is -0.234. The highest BCUT2D eigenvalue weighted by Crippen LogP contribution is 2.28. The van der Waals surface area contributed by atoms with Crippen molar-refractivity contribution in [1.82, 2.24) is 5.32 Å². The van der Waals surface area contributed by atoms with Crippen molar-refractivity contribution in [3.05, 3.63) is 53.6 Å². The Morgan fingerprint density at radius 2 is 1.83 bits per heavy atom. The van der Waals surface area contributed by atoms with Crippen LogP contribution in [0.15, 0.2) is 42.5 Å². The molecule has 0 radical (unpaired) electrons. The first-order valence-electron chi connectivity index (χ1n) is 9.63. The van der Waals surface area contributed by atoms with E-state index >= 15 is 0 Å². The van der Waals surface area contributed by atoms with E-state index in [9.17, 15) is 9.59 Å². The molecule has 0 atom stereocenters. The van der Waals surface area contributed by atoms with Crippen molar-refractivity contribution in [1.29, 1.82) is 0 Å². The summed E-state index contributed by atoms with van der Waals surface area (Å²) in [6, 6.07) is 12.4. The lowest BCUT2D eigenvalue weighted by Crippen LogP contribution is -2.23. The maximum Gasteiger partial charge on any atom is 0.251 e. The van der Waals surface area contributed by atoms with Gasteiger partial charge in [-0.3, -0.25) is 9.59 Å². The van der Waals surface area contributed by atoms with E-state index in [1.165, 1.54) is 7.11 Å². The van der Waals surface area contributed by atoms with Crippen LogP contribution in [0.1, 0.15) is 36.2 Å². The summed E-state index contributed by atoms with van der Waals surface area (Å²) < 4.78 is 16.1. The zero-order valence-corrected chi connectivity index (χ0v) is 17.1. The smallest absolute Gasteiger partial charge is 0.251 e. The number of rotatable bonds is 11. The topological polar surface area (TPSA) is 85.9 Å². The van der Waals surface area contributed by atoms with Gasteiger partial charge in [0.2, 0.25) is 5.91 Å². The SMILES string of the molecule is CCCOc1ccc(C(=O)NCc2cccc(NC(=O)COC)c2)cc1OCC. The van der Waals surface area contributed by atoms with Crippen molar-refractivity contribution in [2.24, 2.45) is 0 Å². The van der Waals surface area contributed by atoms with Crippen molar-refractivity contribution >= 4 is 17.5 Å². The van der Waals surface area contributed by atoms with Crippen LogP contribution in [-0.2, 0) is 16.1 Å². The lowest BCUT2D eigenvalue weighted by atomic mass is 10.1. The van der Waals surface area contributed by atoms with E-state index in [1.807, 2.05) is 26.0 Å². The van der Waals surface area contributed by atoms with Crippen LogP contribution in [0.2, 0.25) is 0 Å². The third-order valence-corrected chi connectivity index (χ3v) is 3.91. The van der Waals surface area contributed by atoms with Crippen molar-refractivity contribution in [3.63, 3.8) is 0 Å². The molecule has 0 bridgehead atoms. The molecule has 0 unspecified atom stereocenters. The summed E-state index contributed by atoms with van der Waals surface area (Å²) >= 11 is 0. The number of nitrogens with one attached hydrogen (secondary N) is 2. The van der Waals surface area contributed by atoms with Crippen LogP contribution in [0, 0.1) is 0 Å². The Labute approximate surface area is 171 Å². The van der Waals surface area contributed by atoms with E-state index in [2.05, 4.69) is 10.6 Å². The molecule has 0 spiro atoms. The lowest BCUT2D eigenvalue weighted by Gasteiger charge is -2.13. The molecule has 2 rings (SSSR count). The molecule has 0 fully saturated rings. The van der Waals surface area contributed by atoms with Crippen molar-refractivity contribution in [3.8, 4) is 11.5 Å². The second-order valence-corrected chi connectivity index (χ2v) is 6.31. The van der Waals surface area contributed by atoms with Crippen LogP contribution in [0.3, 0.4) is 0 Å². The molecular formula is C22H28N2O5. The van der Waals surface area contributed by atoms with Gasteiger partial charge in [0.25, 0.3) is 5.91 Å². The molecule has 0 aliphatic rings. The Morgan fingerprint density at radius 1 is 1.00 bits per heavy atom. The summed E-state index contributed by atoms with van der Waals surface area (Å²) in [4.78, 5) is 24.2. The van der Waals surface area contributed by atoms with Crippen LogP contribution in [0.25, 0.3) is 0 Å². The van der Waals surface area contributed by atoms with Crippen LogP contribution in [0.5, 0.6) is 11.5 Å². The fourth-order valence-electron chi connectivity index (χ4n) is 2.62. The molecule has 7 nitrogen and oxygen atoms in total. The van der Waals surface area contributed by atoms with Gasteiger partial charge in [0.05, 0.1) is 13.2 Å². The summed E-state index contributed by atoms with van der Waals surface area (Å²) in [5.41, 5.74) is 2.00. The Morgan fingerprint density at radius 3 is 2.55 bits per heavy atom. The van der Waals surface area contributed by atoms with E-state index in [0.717, 1.165) is 12.0 Å². The second-order valence-electron chi connectivity index (χ2n) is 6.31. The number of benzene rings is 2. The van der Waals surface area contributed by atoms with Gasteiger partial charge in [0.1, 0.15) is 6.61 Å². The molecule has 0 heterocycles. The van der Waals surface area contributed by atoms with Gasteiger partial charge in [-0.25, -0.2) is 0 Å². The molecule has 2 aromatic rings. The van der Waals surface area contributed by atoms with Gasteiger partial charge in [-0.05, 0) is 49.2 Å². The molecule has 0 saturated carbocycles. The van der Waals surface area contributed by atoms with Crippen molar-refractivity contribution < 1.29 is 23.8 Å². The normalized spacial score (nSPS) is 10.3. The number of methoxy groups -OCH3 is 1. The Hall–Kier alpha value is -3.06. The van der Waals surface area contributed by atoms with E-state index in [1.54, 1.807) is 30.3 Å². The van der Waals surface area contributed by atoms with Crippen LogP contribution in [-0.4, -0.2) is 38.7 Å². The number of amides is 2. The predicted molar refractivity (Wildman–Crippen MR) is 112 cm³/mol. The van der Waals surface area contributed by atoms with Crippen LogP contribution < -0.4 is 20.1 Å². The van der Waals surface area contributed by atoms with Gasteiger partial charge >= 0.3 is 0 Å². The maximum absolute atomic E-state index is 12.6. The summed E-state index contributed by atoms with van der Waals surface area (Å²) in [6.07, 6.45) is 0.888. The molecule has 29 heavy (non-hydrogen) atoms. The summed E-state index contributed by atoms with van der Waals surface area (Å²) in [5, 5.41) is 5.62. The zero-order chi connectivity index (χ0) is 21.1. The Bertz CT molecular complexity index is 823. The summed E-state index contributed by atoms with van der Waals surface area (Å²) in [5.74, 6) is 0.727. The summed E-state index contributed by atoms with van der Waals surface area (Å²) in [7, 11) is 1.46. The fourth-order valence-corrected chi connectivity index (χ4v) is 2.62. The number of ether oxygens (including phenoxy) is 3. The molecular weight excluding hydrogens is 372 g/mol. The van der Waals surface area contributed by atoms with Crippen molar-refractivity contribution in [2.45, 2.75) is 26.8 Å². The third kappa shape index (κ3) is 7.12. The zero-order valence-electron chi connectivity index (χ0n) is 17.1. The monoisotopic (exact) mass is 400 g/mol. The van der Waals surface area contributed by atoms with Crippen molar-refractivity contribution in [2.75, 3.05) is 32.2 Å². The average molecular weight is 400 g/mol. The first-order valence-corrected chi connectivity index (χ1v) is 9.63. The number of carbonyl (C=O) groups is 2. The van der Waals surface area contributed by atoms with Gasteiger partial charge in [-0.15, -0.1) is 0 Å². The number of hydrogen-bond acceptors (Lipinski definition) is 5. The second kappa shape index (κ2) is 11.7. The van der Waals surface area contributed by atoms with Gasteiger partial charge in [0.15, 0.2) is 11.5 Å². The Kier molecular flexibility index (Phi) is 8.98. The first kappa shape index (κ1) is 22.2. The minimum Gasteiger partial charge on any atom is -0.490 e. The molecule has 0 aliphatic heterocycles. The number of hydrogen-bond donors (Lipinski definition) is 2. The molecule has 2 aromatic carbocycles. The molecule has 7 heteroatoms. The lowest BCUT2D eigenvalue weighted by molar-refractivity contribution is -0.119. The molecule has 0 saturated heterocycles. The quantitative estimate of drug-likeness (QED) is 0.604. The predicted octanol–water partition coefficient (Wildman–Crippen LogP) is 3.39. The molecule has 2 N–H and O–H groups in total. The molecule has 0 aromatic heterocycles.